The van der Waals surface area contributed by atoms with Gasteiger partial charge in [0.1, 0.15) is 4.90 Å². The number of rotatable bonds is 4. The topological polar surface area (TPSA) is 46.6 Å². The number of sulfonamides is 1. The average Bonchev–Trinajstić information content (AvgIpc) is 2.39. The van der Waals surface area contributed by atoms with Crippen molar-refractivity contribution in [1.29, 1.82) is 0 Å². The van der Waals surface area contributed by atoms with Gasteiger partial charge >= 0.3 is 0 Å². The maximum Gasteiger partial charge on any atom is 0.244 e. The molecule has 1 aliphatic rings. The molecule has 1 saturated heterocycles. The third kappa shape index (κ3) is 3.54. The van der Waals surface area contributed by atoms with E-state index in [0.29, 0.717) is 19.7 Å². The molecule has 1 aromatic carbocycles. The van der Waals surface area contributed by atoms with Crippen LogP contribution in [0.15, 0.2) is 27.6 Å². The Kier molecular flexibility index (Phi) is 5.48. The molecule has 0 N–H and O–H groups in total. The highest BCUT2D eigenvalue weighted by Crippen LogP contribution is 2.29. The number of hydrogen-bond donors (Lipinski definition) is 0. The summed E-state index contributed by atoms with van der Waals surface area (Å²) in [5.74, 6) is 0. The van der Waals surface area contributed by atoms with E-state index in [9.17, 15) is 8.42 Å². The molecule has 0 amide bonds. The summed E-state index contributed by atoms with van der Waals surface area (Å²) >= 11 is 9.33. The number of nitrogens with zero attached hydrogens (tertiary/aromatic N) is 1. The Morgan fingerprint density at radius 1 is 1.40 bits per heavy atom. The molecule has 112 valence electrons. The molecule has 2 rings (SSSR count). The molecule has 0 aliphatic carbocycles. The van der Waals surface area contributed by atoms with Crippen LogP contribution in [0.1, 0.15) is 19.8 Å². The van der Waals surface area contributed by atoms with Gasteiger partial charge in [-0.1, -0.05) is 27.5 Å². The van der Waals surface area contributed by atoms with E-state index in [0.717, 1.165) is 17.3 Å². The summed E-state index contributed by atoms with van der Waals surface area (Å²) in [6, 6.07) is 4.82. The molecule has 0 spiro atoms. The fourth-order valence-electron chi connectivity index (χ4n) is 2.30. The largest absolute Gasteiger partial charge is 0.378 e. The van der Waals surface area contributed by atoms with Gasteiger partial charge < -0.3 is 4.74 Å². The first-order chi connectivity index (χ1) is 9.45. The molecule has 0 saturated carbocycles. The van der Waals surface area contributed by atoms with Gasteiger partial charge in [0.2, 0.25) is 10.0 Å². The van der Waals surface area contributed by atoms with Crippen LogP contribution in [0.4, 0.5) is 0 Å². The lowest BCUT2D eigenvalue weighted by Crippen LogP contribution is -2.40. The van der Waals surface area contributed by atoms with E-state index in [4.69, 9.17) is 16.3 Å². The molecule has 0 unspecified atom stereocenters. The van der Waals surface area contributed by atoms with Gasteiger partial charge in [0.25, 0.3) is 0 Å². The van der Waals surface area contributed by atoms with Gasteiger partial charge in [-0.3, -0.25) is 0 Å². The lowest BCUT2D eigenvalue weighted by Gasteiger charge is -2.31. The maximum absolute atomic E-state index is 12.6. The smallest absolute Gasteiger partial charge is 0.244 e. The molecule has 0 radical (unpaired) electrons. The molecule has 4 nitrogen and oxygen atoms in total. The van der Waals surface area contributed by atoms with E-state index < -0.39 is 10.0 Å². The van der Waals surface area contributed by atoms with Crippen molar-refractivity contribution >= 4 is 37.6 Å². The molecular weight excluding hydrogens is 366 g/mol. The predicted molar refractivity (Wildman–Crippen MR) is 82.6 cm³/mol. The van der Waals surface area contributed by atoms with Gasteiger partial charge in [-0.25, -0.2) is 8.42 Å². The van der Waals surface area contributed by atoms with Gasteiger partial charge in [0.15, 0.2) is 0 Å². The van der Waals surface area contributed by atoms with Gasteiger partial charge in [-0.15, -0.1) is 0 Å². The standard InChI is InChI=1S/C13H17BrClNO3S/c1-2-19-11-5-7-16(8-6-11)20(17,18)13-4-3-10(14)9-12(13)15/h3-4,9,11H,2,5-8H2,1H3. The van der Waals surface area contributed by atoms with Gasteiger partial charge in [-0.05, 0) is 38.0 Å². The van der Waals surface area contributed by atoms with Crippen molar-refractivity contribution in [2.45, 2.75) is 30.8 Å². The van der Waals surface area contributed by atoms with Crippen LogP contribution in [0, 0.1) is 0 Å². The monoisotopic (exact) mass is 381 g/mol. The molecule has 0 aromatic heterocycles. The van der Waals surface area contributed by atoms with Gasteiger partial charge in [0.05, 0.1) is 11.1 Å². The van der Waals surface area contributed by atoms with Crippen LogP contribution in [0.25, 0.3) is 0 Å². The number of halogens is 2. The molecule has 1 aliphatic heterocycles. The van der Waals surface area contributed by atoms with E-state index >= 15 is 0 Å². The highest BCUT2D eigenvalue weighted by molar-refractivity contribution is 9.10. The van der Waals surface area contributed by atoms with Crippen LogP contribution >= 0.6 is 27.5 Å². The minimum absolute atomic E-state index is 0.159. The van der Waals surface area contributed by atoms with Crippen LogP contribution in [0.2, 0.25) is 5.02 Å². The second kappa shape index (κ2) is 6.75. The molecule has 20 heavy (non-hydrogen) atoms. The Hall–Kier alpha value is -0.140. The quantitative estimate of drug-likeness (QED) is 0.803. The molecule has 0 bridgehead atoms. The third-order valence-electron chi connectivity index (χ3n) is 3.32. The zero-order valence-electron chi connectivity index (χ0n) is 11.2. The van der Waals surface area contributed by atoms with Crippen LogP contribution in [0.5, 0.6) is 0 Å². The molecule has 1 fully saturated rings. The third-order valence-corrected chi connectivity index (χ3v) is 6.19. The molecule has 1 heterocycles. The van der Waals surface area contributed by atoms with Crippen molar-refractivity contribution in [3.8, 4) is 0 Å². The molecular formula is C13H17BrClNO3S. The number of piperidine rings is 1. The van der Waals surface area contributed by atoms with Crippen molar-refractivity contribution in [3.05, 3.63) is 27.7 Å². The number of hydrogen-bond acceptors (Lipinski definition) is 3. The second-order valence-corrected chi connectivity index (χ2v) is 7.86. The van der Waals surface area contributed by atoms with E-state index in [2.05, 4.69) is 15.9 Å². The zero-order chi connectivity index (χ0) is 14.8. The molecule has 1 aromatic rings. The summed E-state index contributed by atoms with van der Waals surface area (Å²) in [7, 11) is -3.52. The van der Waals surface area contributed by atoms with Gasteiger partial charge in [0, 0.05) is 24.2 Å². The summed E-state index contributed by atoms with van der Waals surface area (Å²) < 4.78 is 32.9. The van der Waals surface area contributed by atoms with E-state index in [-0.39, 0.29) is 16.0 Å². The Bertz CT molecular complexity index is 571. The van der Waals surface area contributed by atoms with Crippen molar-refractivity contribution in [2.24, 2.45) is 0 Å². The first-order valence-electron chi connectivity index (χ1n) is 6.52. The fourth-order valence-corrected chi connectivity index (χ4v) is 4.78. The lowest BCUT2D eigenvalue weighted by atomic mass is 10.1. The Balaban J connectivity index is 2.15. The first-order valence-corrected chi connectivity index (χ1v) is 9.13. The highest BCUT2D eigenvalue weighted by Gasteiger charge is 2.30. The van der Waals surface area contributed by atoms with Crippen molar-refractivity contribution in [2.75, 3.05) is 19.7 Å². The Morgan fingerprint density at radius 3 is 2.60 bits per heavy atom. The average molecular weight is 383 g/mol. The van der Waals surface area contributed by atoms with Crippen LogP contribution in [-0.2, 0) is 14.8 Å². The van der Waals surface area contributed by atoms with Crippen molar-refractivity contribution < 1.29 is 13.2 Å². The van der Waals surface area contributed by atoms with E-state index in [1.165, 1.54) is 10.4 Å². The van der Waals surface area contributed by atoms with Crippen LogP contribution in [-0.4, -0.2) is 38.5 Å². The minimum Gasteiger partial charge on any atom is -0.378 e. The van der Waals surface area contributed by atoms with Crippen molar-refractivity contribution in [1.82, 2.24) is 4.31 Å². The van der Waals surface area contributed by atoms with Gasteiger partial charge in [-0.2, -0.15) is 4.31 Å². The lowest BCUT2D eigenvalue weighted by molar-refractivity contribution is 0.0290. The summed E-state index contributed by atoms with van der Waals surface area (Å²) in [5, 5.41) is 0.242. The summed E-state index contributed by atoms with van der Waals surface area (Å²) in [6.07, 6.45) is 1.61. The number of ether oxygens (including phenoxy) is 1. The van der Waals surface area contributed by atoms with Crippen LogP contribution in [0.3, 0.4) is 0 Å². The molecule has 0 atom stereocenters. The summed E-state index contributed by atoms with van der Waals surface area (Å²) in [5.41, 5.74) is 0. The SMILES string of the molecule is CCOC1CCN(S(=O)(=O)c2ccc(Br)cc2Cl)CC1. The van der Waals surface area contributed by atoms with Crippen molar-refractivity contribution in [3.63, 3.8) is 0 Å². The maximum atomic E-state index is 12.6. The van der Waals surface area contributed by atoms with E-state index in [1.807, 2.05) is 6.92 Å². The predicted octanol–water partition coefficient (Wildman–Crippen LogP) is 3.29. The molecule has 7 heteroatoms. The second-order valence-electron chi connectivity index (χ2n) is 4.63. The summed E-state index contributed by atoms with van der Waals surface area (Å²) in [4.78, 5) is 0.164. The first kappa shape index (κ1) is 16.2. The van der Waals surface area contributed by atoms with E-state index in [1.54, 1.807) is 12.1 Å². The Labute approximate surface area is 133 Å². The zero-order valence-corrected chi connectivity index (χ0v) is 14.3. The normalized spacial score (nSPS) is 18.4. The fraction of sp³-hybridized carbons (Fsp3) is 0.538. The number of benzene rings is 1. The minimum atomic E-state index is -3.52. The van der Waals surface area contributed by atoms with Crippen LogP contribution < -0.4 is 0 Å². The highest BCUT2D eigenvalue weighted by atomic mass is 79.9. The summed E-state index contributed by atoms with van der Waals surface area (Å²) in [6.45, 7) is 3.56. The Morgan fingerprint density at radius 2 is 2.05 bits per heavy atom.